The predicted molar refractivity (Wildman–Crippen MR) is 72.0 cm³/mol. The largest absolute Gasteiger partial charge is 0.478 e. The van der Waals surface area contributed by atoms with Crippen molar-refractivity contribution in [3.63, 3.8) is 0 Å². The predicted octanol–water partition coefficient (Wildman–Crippen LogP) is 0.710. The van der Waals surface area contributed by atoms with Crippen LogP contribution >= 0.6 is 0 Å². The van der Waals surface area contributed by atoms with E-state index in [0.29, 0.717) is 0 Å². The molecule has 0 unspecified atom stereocenters. The number of likely N-dealkylation sites (N-methyl/N-ethyl adjacent to an activating group) is 1. The molecule has 0 atom stereocenters. The van der Waals surface area contributed by atoms with E-state index in [0.717, 1.165) is 23.1 Å². The number of anilines is 1. The molecule has 1 aromatic rings. The fourth-order valence-electron chi connectivity index (χ4n) is 1.45. The molecule has 1 rings (SSSR count). The number of carboxylic acids is 1. The highest BCUT2D eigenvalue weighted by Crippen LogP contribution is 2.22. The van der Waals surface area contributed by atoms with Crippen molar-refractivity contribution < 1.29 is 24.4 Å². The third-order valence-electron chi connectivity index (χ3n) is 2.64. The zero-order valence-corrected chi connectivity index (χ0v) is 11.3. The van der Waals surface area contributed by atoms with E-state index < -0.39 is 16.8 Å². The molecule has 0 aliphatic heterocycles. The number of carbonyl (C=O) groups excluding carboxylic acids is 2. The van der Waals surface area contributed by atoms with E-state index in [1.807, 2.05) is 0 Å². The van der Waals surface area contributed by atoms with Crippen LogP contribution in [0.1, 0.15) is 17.3 Å². The van der Waals surface area contributed by atoms with E-state index in [9.17, 15) is 24.5 Å². The molecule has 0 aliphatic carbocycles. The number of nitrogens with zero attached hydrogens (tertiary/aromatic N) is 2. The van der Waals surface area contributed by atoms with Crippen LogP contribution in [-0.2, 0) is 9.59 Å². The molecule has 112 valence electrons. The first-order chi connectivity index (χ1) is 9.72. The summed E-state index contributed by atoms with van der Waals surface area (Å²) in [5, 5.41) is 21.9. The standard InChI is InChI=1S/C12H13N3O6/c1-7(16)14(2)6-11(17)13-10-5-8(15(20)21)3-4-9(10)12(18)19/h3-5H,6H2,1-2H3,(H,13,17)(H,18,19). The minimum atomic E-state index is -1.33. The van der Waals surface area contributed by atoms with Crippen LogP contribution in [0.4, 0.5) is 11.4 Å². The fourth-order valence-corrected chi connectivity index (χ4v) is 1.45. The molecule has 0 bridgehead atoms. The molecule has 9 heteroatoms. The first kappa shape index (κ1) is 16.1. The van der Waals surface area contributed by atoms with Crippen molar-refractivity contribution in [3.8, 4) is 0 Å². The monoisotopic (exact) mass is 295 g/mol. The molecule has 0 spiro atoms. The molecular weight excluding hydrogens is 282 g/mol. The Labute approximate surface area is 119 Å². The Morgan fingerprint density at radius 2 is 2.00 bits per heavy atom. The molecule has 0 aromatic heterocycles. The lowest BCUT2D eigenvalue weighted by molar-refractivity contribution is -0.384. The average Bonchev–Trinajstić information content (AvgIpc) is 2.37. The zero-order valence-electron chi connectivity index (χ0n) is 11.3. The van der Waals surface area contributed by atoms with Crippen molar-refractivity contribution in [3.05, 3.63) is 33.9 Å². The molecule has 0 heterocycles. The Kier molecular flexibility index (Phi) is 4.95. The van der Waals surface area contributed by atoms with Gasteiger partial charge in [0.15, 0.2) is 0 Å². The first-order valence-corrected chi connectivity index (χ1v) is 5.75. The molecule has 1 aromatic carbocycles. The second-order valence-electron chi connectivity index (χ2n) is 4.22. The summed E-state index contributed by atoms with van der Waals surface area (Å²) in [4.78, 5) is 44.8. The Morgan fingerprint density at radius 1 is 1.38 bits per heavy atom. The second kappa shape index (κ2) is 6.46. The summed E-state index contributed by atoms with van der Waals surface area (Å²) >= 11 is 0. The van der Waals surface area contributed by atoms with Crippen LogP contribution in [0.25, 0.3) is 0 Å². The van der Waals surface area contributed by atoms with Crippen LogP contribution in [0.2, 0.25) is 0 Å². The number of rotatable bonds is 5. The number of carbonyl (C=O) groups is 3. The fraction of sp³-hybridized carbons (Fsp3) is 0.250. The number of hydrogen-bond acceptors (Lipinski definition) is 5. The van der Waals surface area contributed by atoms with E-state index in [1.54, 1.807) is 0 Å². The van der Waals surface area contributed by atoms with Crippen molar-refractivity contribution in [2.24, 2.45) is 0 Å². The van der Waals surface area contributed by atoms with Gasteiger partial charge < -0.3 is 15.3 Å². The molecule has 0 radical (unpaired) electrons. The SMILES string of the molecule is CC(=O)N(C)CC(=O)Nc1cc([N+](=O)[O-])ccc1C(=O)O. The van der Waals surface area contributed by atoms with Gasteiger partial charge in [0.25, 0.3) is 5.69 Å². The summed E-state index contributed by atoms with van der Waals surface area (Å²) < 4.78 is 0. The summed E-state index contributed by atoms with van der Waals surface area (Å²) in [7, 11) is 1.40. The van der Waals surface area contributed by atoms with E-state index in [2.05, 4.69) is 5.32 Å². The lowest BCUT2D eigenvalue weighted by atomic mass is 10.1. The number of nitro benzene ring substituents is 1. The minimum Gasteiger partial charge on any atom is -0.478 e. The molecule has 0 saturated heterocycles. The van der Waals surface area contributed by atoms with Crippen molar-refractivity contribution in [2.75, 3.05) is 18.9 Å². The number of hydrogen-bond donors (Lipinski definition) is 2. The lowest BCUT2D eigenvalue weighted by Crippen LogP contribution is -2.33. The summed E-state index contributed by atoms with van der Waals surface area (Å²) in [6.07, 6.45) is 0. The van der Waals surface area contributed by atoms with Crippen LogP contribution in [-0.4, -0.2) is 46.3 Å². The maximum Gasteiger partial charge on any atom is 0.337 e. The second-order valence-corrected chi connectivity index (χ2v) is 4.22. The summed E-state index contributed by atoms with van der Waals surface area (Å²) in [6, 6.07) is 3.01. The van der Waals surface area contributed by atoms with Crippen LogP contribution in [0.15, 0.2) is 18.2 Å². The van der Waals surface area contributed by atoms with Gasteiger partial charge in [-0.1, -0.05) is 0 Å². The maximum absolute atomic E-state index is 11.7. The van der Waals surface area contributed by atoms with Gasteiger partial charge >= 0.3 is 5.97 Å². The van der Waals surface area contributed by atoms with Crippen molar-refractivity contribution >= 4 is 29.2 Å². The summed E-state index contributed by atoms with van der Waals surface area (Å²) in [6.45, 7) is 0.973. The third kappa shape index (κ3) is 4.27. The number of non-ortho nitro benzene ring substituents is 1. The molecule has 0 fully saturated rings. The maximum atomic E-state index is 11.7. The van der Waals surface area contributed by atoms with Gasteiger partial charge in [-0.2, -0.15) is 0 Å². The Balaban J connectivity index is 3.02. The Morgan fingerprint density at radius 3 is 2.48 bits per heavy atom. The number of carboxylic acid groups (broad SMARTS) is 1. The van der Waals surface area contributed by atoms with Crippen LogP contribution < -0.4 is 5.32 Å². The van der Waals surface area contributed by atoms with Gasteiger partial charge in [0.05, 0.1) is 22.7 Å². The van der Waals surface area contributed by atoms with E-state index in [1.165, 1.54) is 14.0 Å². The third-order valence-corrected chi connectivity index (χ3v) is 2.64. The van der Waals surface area contributed by atoms with Gasteiger partial charge in [0, 0.05) is 26.1 Å². The van der Waals surface area contributed by atoms with E-state index in [-0.39, 0.29) is 29.4 Å². The average molecular weight is 295 g/mol. The minimum absolute atomic E-state index is 0.196. The molecule has 21 heavy (non-hydrogen) atoms. The molecular formula is C12H13N3O6. The first-order valence-electron chi connectivity index (χ1n) is 5.75. The van der Waals surface area contributed by atoms with Crippen molar-refractivity contribution in [1.82, 2.24) is 4.90 Å². The number of aromatic carboxylic acids is 1. The van der Waals surface area contributed by atoms with Gasteiger partial charge in [0.2, 0.25) is 11.8 Å². The number of amides is 2. The Hall–Kier alpha value is -2.97. The van der Waals surface area contributed by atoms with Crippen molar-refractivity contribution in [1.29, 1.82) is 0 Å². The normalized spacial score (nSPS) is 9.81. The topological polar surface area (TPSA) is 130 Å². The van der Waals surface area contributed by atoms with Crippen LogP contribution in [0, 0.1) is 10.1 Å². The molecule has 0 aliphatic rings. The zero-order chi connectivity index (χ0) is 16.2. The number of nitro groups is 1. The van der Waals surface area contributed by atoms with Gasteiger partial charge in [-0.15, -0.1) is 0 Å². The molecule has 2 amide bonds. The van der Waals surface area contributed by atoms with E-state index >= 15 is 0 Å². The summed E-state index contributed by atoms with van der Waals surface area (Å²) in [5.74, 6) is -2.33. The lowest BCUT2D eigenvalue weighted by Gasteiger charge is -2.15. The number of benzene rings is 1. The highest BCUT2D eigenvalue weighted by atomic mass is 16.6. The molecule has 9 nitrogen and oxygen atoms in total. The summed E-state index contributed by atoms with van der Waals surface area (Å²) in [5.41, 5.74) is -0.826. The van der Waals surface area contributed by atoms with Gasteiger partial charge in [0.1, 0.15) is 0 Å². The quantitative estimate of drug-likeness (QED) is 0.607. The smallest absolute Gasteiger partial charge is 0.337 e. The van der Waals surface area contributed by atoms with Gasteiger partial charge in [-0.05, 0) is 6.07 Å². The van der Waals surface area contributed by atoms with Crippen molar-refractivity contribution in [2.45, 2.75) is 6.92 Å². The Bertz CT molecular complexity index is 613. The molecule has 0 saturated carbocycles. The highest BCUT2D eigenvalue weighted by molar-refractivity contribution is 6.02. The highest BCUT2D eigenvalue weighted by Gasteiger charge is 2.18. The van der Waals surface area contributed by atoms with Gasteiger partial charge in [-0.25, -0.2) is 4.79 Å². The van der Waals surface area contributed by atoms with Crippen LogP contribution in [0.3, 0.4) is 0 Å². The van der Waals surface area contributed by atoms with Gasteiger partial charge in [-0.3, -0.25) is 19.7 Å². The van der Waals surface area contributed by atoms with Crippen LogP contribution in [0.5, 0.6) is 0 Å². The molecule has 2 N–H and O–H groups in total. The number of nitrogens with one attached hydrogen (secondary N) is 1. The van der Waals surface area contributed by atoms with E-state index in [4.69, 9.17) is 5.11 Å².